The van der Waals surface area contributed by atoms with Crippen LogP contribution in [0.25, 0.3) is 6.08 Å². The zero-order chi connectivity index (χ0) is 8.23. The summed E-state index contributed by atoms with van der Waals surface area (Å²) < 4.78 is 0. The van der Waals surface area contributed by atoms with Crippen LogP contribution in [0.15, 0.2) is 42.5 Å². The fraction of sp³-hybridized carbons (Fsp3) is 0.167. The van der Waals surface area contributed by atoms with Gasteiger partial charge in [-0.2, -0.15) is 0 Å². The molecule has 1 aromatic rings. The van der Waals surface area contributed by atoms with Crippen LogP contribution in [0, 0.1) is 0 Å². The van der Waals surface area contributed by atoms with E-state index in [2.05, 4.69) is 48.6 Å². The second-order valence-electron chi connectivity index (χ2n) is 3.01. The highest BCUT2D eigenvalue weighted by molar-refractivity contribution is 5.54. The second kappa shape index (κ2) is 3.40. The number of fused-ring (bicyclic) bond motifs is 1. The Balaban J connectivity index is 2.44. The van der Waals surface area contributed by atoms with E-state index in [1.807, 2.05) is 0 Å². The smallest absolute Gasteiger partial charge is 0.00914 e. The van der Waals surface area contributed by atoms with Gasteiger partial charge in [-0.05, 0) is 24.0 Å². The van der Waals surface area contributed by atoms with E-state index in [4.69, 9.17) is 0 Å². The highest BCUT2D eigenvalue weighted by Crippen LogP contribution is 2.14. The average Bonchev–Trinajstić information content (AvgIpc) is 2.06. The molecule has 0 saturated heterocycles. The number of hydrogen-bond donors (Lipinski definition) is 0. The van der Waals surface area contributed by atoms with E-state index in [1.165, 1.54) is 11.1 Å². The normalized spacial score (nSPS) is 17.7. The number of rotatable bonds is 0. The summed E-state index contributed by atoms with van der Waals surface area (Å²) in [4.78, 5) is 0. The van der Waals surface area contributed by atoms with Crippen LogP contribution in [-0.4, -0.2) is 0 Å². The first-order valence-corrected chi connectivity index (χ1v) is 4.36. The molecule has 0 atom stereocenters. The maximum absolute atomic E-state index is 2.24. The topological polar surface area (TPSA) is 0 Å². The van der Waals surface area contributed by atoms with E-state index >= 15 is 0 Å². The van der Waals surface area contributed by atoms with Gasteiger partial charge < -0.3 is 0 Å². The Kier molecular flexibility index (Phi) is 2.08. The summed E-state index contributed by atoms with van der Waals surface area (Å²) in [6.45, 7) is 0. The summed E-state index contributed by atoms with van der Waals surface area (Å²) in [5, 5.41) is 0. The minimum Gasteiger partial charge on any atom is -0.0844 e. The molecule has 0 radical (unpaired) electrons. The SMILES string of the molecule is C1=CCc2ccccc2/C=C\C1. The second-order valence-corrected chi connectivity index (χ2v) is 3.01. The zero-order valence-electron chi connectivity index (χ0n) is 7.03. The molecule has 0 unspecified atom stereocenters. The summed E-state index contributed by atoms with van der Waals surface area (Å²) in [6.07, 6.45) is 11.0. The maximum Gasteiger partial charge on any atom is -0.00914 e. The first-order valence-electron chi connectivity index (χ1n) is 4.36. The molecule has 0 amide bonds. The van der Waals surface area contributed by atoms with Crippen molar-refractivity contribution < 1.29 is 0 Å². The number of hydrogen-bond acceptors (Lipinski definition) is 0. The monoisotopic (exact) mass is 156 g/mol. The fourth-order valence-corrected chi connectivity index (χ4v) is 1.46. The van der Waals surface area contributed by atoms with Crippen LogP contribution in [0.5, 0.6) is 0 Å². The highest BCUT2D eigenvalue weighted by atomic mass is 14.0. The molecule has 1 aliphatic rings. The number of benzene rings is 1. The molecule has 0 aromatic heterocycles. The minimum atomic E-state index is 1.06. The van der Waals surface area contributed by atoms with Gasteiger partial charge >= 0.3 is 0 Å². The fourth-order valence-electron chi connectivity index (χ4n) is 1.46. The van der Waals surface area contributed by atoms with Crippen molar-refractivity contribution in [3.05, 3.63) is 53.6 Å². The van der Waals surface area contributed by atoms with Gasteiger partial charge in [-0.1, -0.05) is 48.6 Å². The Morgan fingerprint density at radius 1 is 0.917 bits per heavy atom. The minimum absolute atomic E-state index is 1.06. The Morgan fingerprint density at radius 3 is 2.83 bits per heavy atom. The molecule has 0 N–H and O–H groups in total. The standard InChI is InChI=1S/C12H12/c1-2-4-8-12-10-6-5-9-11(12)7-3-1/h1,3-6,8-10H,2,7H2/b3-1?,8-4-. The molecule has 0 aliphatic heterocycles. The van der Waals surface area contributed by atoms with Crippen LogP contribution in [0.2, 0.25) is 0 Å². The van der Waals surface area contributed by atoms with Gasteiger partial charge in [-0.15, -0.1) is 0 Å². The van der Waals surface area contributed by atoms with E-state index in [1.54, 1.807) is 0 Å². The van der Waals surface area contributed by atoms with Crippen molar-refractivity contribution in [2.24, 2.45) is 0 Å². The van der Waals surface area contributed by atoms with Crippen LogP contribution in [0.3, 0.4) is 0 Å². The molecule has 0 saturated carbocycles. The van der Waals surface area contributed by atoms with Crippen LogP contribution in [-0.2, 0) is 6.42 Å². The molecule has 60 valence electrons. The lowest BCUT2D eigenvalue weighted by molar-refractivity contribution is 1.22. The first kappa shape index (κ1) is 7.35. The van der Waals surface area contributed by atoms with Crippen molar-refractivity contribution in [1.82, 2.24) is 0 Å². The lowest BCUT2D eigenvalue weighted by Gasteiger charge is -2.04. The molecule has 1 aromatic carbocycles. The van der Waals surface area contributed by atoms with Crippen molar-refractivity contribution in [1.29, 1.82) is 0 Å². The summed E-state index contributed by atoms with van der Waals surface area (Å²) in [5.41, 5.74) is 2.78. The molecular formula is C12H12. The molecule has 12 heavy (non-hydrogen) atoms. The third kappa shape index (κ3) is 1.48. The molecule has 1 aliphatic carbocycles. The third-order valence-corrected chi connectivity index (χ3v) is 2.13. The van der Waals surface area contributed by atoms with Crippen LogP contribution < -0.4 is 0 Å². The summed E-state index contributed by atoms with van der Waals surface area (Å²) in [5.74, 6) is 0. The molecule has 0 nitrogen and oxygen atoms in total. The first-order chi connectivity index (χ1) is 5.97. The molecule has 0 spiro atoms. The van der Waals surface area contributed by atoms with E-state index < -0.39 is 0 Å². The average molecular weight is 156 g/mol. The van der Waals surface area contributed by atoms with E-state index in [-0.39, 0.29) is 0 Å². The van der Waals surface area contributed by atoms with Crippen LogP contribution in [0.1, 0.15) is 17.5 Å². The Bertz CT molecular complexity index is 319. The highest BCUT2D eigenvalue weighted by Gasteiger charge is 1.96. The molecule has 2 rings (SSSR count). The van der Waals surface area contributed by atoms with Gasteiger partial charge in [0.15, 0.2) is 0 Å². The quantitative estimate of drug-likeness (QED) is 0.506. The van der Waals surface area contributed by atoms with Crippen LogP contribution in [0.4, 0.5) is 0 Å². The maximum atomic E-state index is 2.24. The largest absolute Gasteiger partial charge is 0.0844 e. The Morgan fingerprint density at radius 2 is 1.83 bits per heavy atom. The molecule has 0 fully saturated rings. The molecule has 0 bridgehead atoms. The Labute approximate surface area is 73.2 Å². The van der Waals surface area contributed by atoms with E-state index in [9.17, 15) is 0 Å². The van der Waals surface area contributed by atoms with Crippen molar-refractivity contribution >= 4 is 6.08 Å². The molecular weight excluding hydrogens is 144 g/mol. The third-order valence-electron chi connectivity index (χ3n) is 2.13. The van der Waals surface area contributed by atoms with Gasteiger partial charge in [0.2, 0.25) is 0 Å². The summed E-state index contributed by atoms with van der Waals surface area (Å²) in [7, 11) is 0. The number of allylic oxidation sites excluding steroid dienone is 3. The zero-order valence-corrected chi connectivity index (χ0v) is 7.03. The lowest BCUT2D eigenvalue weighted by Crippen LogP contribution is -1.87. The predicted octanol–water partition coefficient (Wildman–Crippen LogP) is 3.20. The van der Waals surface area contributed by atoms with Crippen molar-refractivity contribution in [2.75, 3.05) is 0 Å². The van der Waals surface area contributed by atoms with Crippen molar-refractivity contribution in [3.63, 3.8) is 0 Å². The van der Waals surface area contributed by atoms with Gasteiger partial charge in [0.1, 0.15) is 0 Å². The van der Waals surface area contributed by atoms with Gasteiger partial charge in [0.25, 0.3) is 0 Å². The van der Waals surface area contributed by atoms with Crippen molar-refractivity contribution in [2.45, 2.75) is 12.8 Å². The van der Waals surface area contributed by atoms with Crippen LogP contribution >= 0.6 is 0 Å². The van der Waals surface area contributed by atoms with E-state index in [0.29, 0.717) is 0 Å². The summed E-state index contributed by atoms with van der Waals surface area (Å²) in [6, 6.07) is 8.55. The Hall–Kier alpha value is -1.30. The lowest BCUT2D eigenvalue weighted by atomic mass is 10.0. The molecule has 0 heteroatoms. The van der Waals surface area contributed by atoms with Gasteiger partial charge in [-0.3, -0.25) is 0 Å². The predicted molar refractivity (Wildman–Crippen MR) is 52.9 cm³/mol. The van der Waals surface area contributed by atoms with Crippen molar-refractivity contribution in [3.8, 4) is 0 Å². The molecule has 0 heterocycles. The summed E-state index contributed by atoms with van der Waals surface area (Å²) >= 11 is 0. The van der Waals surface area contributed by atoms with Gasteiger partial charge in [0, 0.05) is 0 Å². The van der Waals surface area contributed by atoms with Gasteiger partial charge in [-0.25, -0.2) is 0 Å². The van der Waals surface area contributed by atoms with Gasteiger partial charge in [0.05, 0.1) is 0 Å². The van der Waals surface area contributed by atoms with E-state index in [0.717, 1.165) is 12.8 Å².